The van der Waals surface area contributed by atoms with Crippen LogP contribution in [-0.2, 0) is 0 Å². The number of hydrogen-bond acceptors (Lipinski definition) is 4. The fourth-order valence-electron chi connectivity index (χ4n) is 1.36. The number of nitrogens with two attached hydrogens (primary N) is 1. The molecule has 1 aromatic carbocycles. The van der Waals surface area contributed by atoms with Crippen LogP contribution < -0.4 is 5.73 Å². The summed E-state index contributed by atoms with van der Waals surface area (Å²) < 4.78 is 26.5. The molecule has 7 heteroatoms. The van der Waals surface area contributed by atoms with E-state index in [2.05, 4.69) is 4.98 Å². The van der Waals surface area contributed by atoms with E-state index in [4.69, 9.17) is 10.8 Å². The maximum absolute atomic E-state index is 13.5. The summed E-state index contributed by atoms with van der Waals surface area (Å²) in [5.41, 5.74) is 5.47. The van der Waals surface area contributed by atoms with Gasteiger partial charge in [-0.2, -0.15) is 0 Å². The molecular weight excluding hydrogens is 274 g/mol. The van der Waals surface area contributed by atoms with Crippen LogP contribution in [0.15, 0.2) is 40.4 Å². The van der Waals surface area contributed by atoms with Gasteiger partial charge in [0.05, 0.1) is 22.3 Å². The summed E-state index contributed by atoms with van der Waals surface area (Å²) in [4.78, 5) is 14.8. The van der Waals surface area contributed by atoms with Crippen molar-refractivity contribution in [2.75, 3.05) is 5.73 Å². The number of halogens is 2. The van der Waals surface area contributed by atoms with Crippen molar-refractivity contribution in [3.8, 4) is 0 Å². The minimum atomic E-state index is -1.24. The molecule has 0 spiro atoms. The minimum absolute atomic E-state index is 0.0419. The molecule has 4 nitrogen and oxygen atoms in total. The fourth-order valence-corrected chi connectivity index (χ4v) is 2.27. The lowest BCUT2D eigenvalue weighted by atomic mass is 10.3. The summed E-state index contributed by atoms with van der Waals surface area (Å²) in [7, 11) is 0. The van der Waals surface area contributed by atoms with Gasteiger partial charge < -0.3 is 10.8 Å². The smallest absolute Gasteiger partial charge is 0.338 e. The van der Waals surface area contributed by atoms with Crippen molar-refractivity contribution < 1.29 is 18.7 Å². The predicted octanol–water partition coefficient (Wildman–Crippen LogP) is 2.79. The highest BCUT2D eigenvalue weighted by Gasteiger charge is 2.15. The highest BCUT2D eigenvalue weighted by molar-refractivity contribution is 7.99. The zero-order chi connectivity index (χ0) is 14.0. The third-order valence-corrected chi connectivity index (χ3v) is 3.25. The van der Waals surface area contributed by atoms with Gasteiger partial charge in [0.1, 0.15) is 16.7 Å². The van der Waals surface area contributed by atoms with Crippen LogP contribution in [0.5, 0.6) is 0 Å². The van der Waals surface area contributed by atoms with Crippen LogP contribution in [0.4, 0.5) is 14.5 Å². The Morgan fingerprint density at radius 1 is 1.32 bits per heavy atom. The first kappa shape index (κ1) is 13.3. The Labute approximate surface area is 111 Å². The summed E-state index contributed by atoms with van der Waals surface area (Å²) in [6.45, 7) is 0. The summed E-state index contributed by atoms with van der Waals surface area (Å²) >= 11 is 0.730. The van der Waals surface area contributed by atoms with Gasteiger partial charge in [0, 0.05) is 0 Å². The molecule has 0 saturated carbocycles. The van der Waals surface area contributed by atoms with E-state index in [0.717, 1.165) is 30.0 Å². The van der Waals surface area contributed by atoms with Crippen molar-refractivity contribution in [2.24, 2.45) is 0 Å². The predicted molar refractivity (Wildman–Crippen MR) is 66.1 cm³/mol. The Hall–Kier alpha value is -2.15. The molecule has 0 fully saturated rings. The monoisotopic (exact) mass is 282 g/mol. The molecule has 0 aliphatic rings. The summed E-state index contributed by atoms with van der Waals surface area (Å²) in [6, 6.07) is 4.14. The number of aromatic carboxylic acids is 1. The van der Waals surface area contributed by atoms with Crippen LogP contribution in [0.1, 0.15) is 10.4 Å². The van der Waals surface area contributed by atoms with Gasteiger partial charge in [-0.25, -0.2) is 18.6 Å². The van der Waals surface area contributed by atoms with E-state index in [-0.39, 0.29) is 21.2 Å². The SMILES string of the molecule is Nc1cnc(Sc2cc(F)ccc2F)c(C(=O)O)c1. The molecule has 2 aromatic rings. The fraction of sp³-hybridized carbons (Fsp3) is 0. The quantitative estimate of drug-likeness (QED) is 0.905. The number of nitrogen functional groups attached to an aromatic ring is 1. The standard InChI is InChI=1S/C12H8F2N2O2S/c13-6-1-2-9(14)10(3-6)19-11-8(12(17)18)4-7(15)5-16-11/h1-5H,15H2,(H,17,18). The highest BCUT2D eigenvalue weighted by atomic mass is 32.2. The van der Waals surface area contributed by atoms with Crippen LogP contribution in [0.3, 0.4) is 0 Å². The van der Waals surface area contributed by atoms with Crippen molar-refractivity contribution in [3.05, 3.63) is 47.7 Å². The largest absolute Gasteiger partial charge is 0.478 e. The van der Waals surface area contributed by atoms with Gasteiger partial charge in [-0.05, 0) is 24.3 Å². The zero-order valence-corrected chi connectivity index (χ0v) is 10.2. The number of nitrogens with zero attached hydrogens (tertiary/aromatic N) is 1. The number of carboxylic acid groups (broad SMARTS) is 1. The number of pyridine rings is 1. The average Bonchev–Trinajstić information content (AvgIpc) is 2.35. The topological polar surface area (TPSA) is 76.2 Å². The molecule has 0 unspecified atom stereocenters. The summed E-state index contributed by atoms with van der Waals surface area (Å²) in [5, 5.41) is 9.06. The Morgan fingerprint density at radius 2 is 2.05 bits per heavy atom. The van der Waals surface area contributed by atoms with Crippen molar-refractivity contribution in [1.82, 2.24) is 4.98 Å². The third-order valence-electron chi connectivity index (χ3n) is 2.20. The Balaban J connectivity index is 2.43. The number of aromatic nitrogens is 1. The van der Waals surface area contributed by atoms with E-state index >= 15 is 0 Å². The van der Waals surface area contributed by atoms with Crippen LogP contribution in [0, 0.1) is 11.6 Å². The van der Waals surface area contributed by atoms with E-state index in [1.54, 1.807) is 0 Å². The number of benzene rings is 1. The molecule has 0 saturated heterocycles. The van der Waals surface area contributed by atoms with Crippen LogP contribution >= 0.6 is 11.8 Å². The van der Waals surface area contributed by atoms with Crippen LogP contribution in [-0.4, -0.2) is 16.1 Å². The van der Waals surface area contributed by atoms with Crippen molar-refractivity contribution in [2.45, 2.75) is 9.92 Å². The third kappa shape index (κ3) is 3.00. The molecule has 98 valence electrons. The maximum atomic E-state index is 13.5. The van der Waals surface area contributed by atoms with Gasteiger partial charge in [0.25, 0.3) is 0 Å². The lowest BCUT2D eigenvalue weighted by Gasteiger charge is -2.06. The van der Waals surface area contributed by atoms with Gasteiger partial charge in [-0.15, -0.1) is 0 Å². The number of carbonyl (C=O) groups is 1. The Morgan fingerprint density at radius 3 is 2.74 bits per heavy atom. The molecular formula is C12H8F2N2O2S. The first-order chi connectivity index (χ1) is 8.97. The number of hydrogen-bond donors (Lipinski definition) is 2. The number of rotatable bonds is 3. The molecule has 2 rings (SSSR count). The van der Waals surface area contributed by atoms with Gasteiger partial charge in [0.15, 0.2) is 0 Å². The summed E-state index contributed by atoms with van der Waals surface area (Å²) in [6.07, 6.45) is 1.26. The molecule has 19 heavy (non-hydrogen) atoms. The summed E-state index contributed by atoms with van der Waals surface area (Å²) in [5.74, 6) is -2.50. The average molecular weight is 282 g/mol. The van der Waals surface area contributed by atoms with Gasteiger partial charge in [-0.1, -0.05) is 11.8 Å². The van der Waals surface area contributed by atoms with Crippen molar-refractivity contribution in [1.29, 1.82) is 0 Å². The van der Waals surface area contributed by atoms with Gasteiger partial charge >= 0.3 is 5.97 Å². The van der Waals surface area contributed by atoms with Crippen LogP contribution in [0.25, 0.3) is 0 Å². The molecule has 1 aromatic heterocycles. The number of anilines is 1. The van der Waals surface area contributed by atoms with E-state index in [1.165, 1.54) is 12.3 Å². The molecule has 0 aliphatic heterocycles. The maximum Gasteiger partial charge on any atom is 0.338 e. The second-order valence-corrected chi connectivity index (χ2v) is 4.63. The number of carboxylic acids is 1. The molecule has 3 N–H and O–H groups in total. The van der Waals surface area contributed by atoms with Gasteiger partial charge in [0.2, 0.25) is 0 Å². The van der Waals surface area contributed by atoms with Crippen molar-refractivity contribution in [3.63, 3.8) is 0 Å². The molecule has 0 radical (unpaired) electrons. The van der Waals surface area contributed by atoms with E-state index in [9.17, 15) is 13.6 Å². The van der Waals surface area contributed by atoms with Gasteiger partial charge in [-0.3, -0.25) is 0 Å². The zero-order valence-electron chi connectivity index (χ0n) is 9.43. The molecule has 0 aliphatic carbocycles. The van der Waals surface area contributed by atoms with E-state index in [0.29, 0.717) is 0 Å². The lowest BCUT2D eigenvalue weighted by molar-refractivity contribution is 0.0692. The second kappa shape index (κ2) is 5.23. The minimum Gasteiger partial charge on any atom is -0.478 e. The highest BCUT2D eigenvalue weighted by Crippen LogP contribution is 2.31. The van der Waals surface area contributed by atoms with E-state index in [1.807, 2.05) is 0 Å². The normalized spacial score (nSPS) is 10.4. The molecule has 0 bridgehead atoms. The first-order valence-electron chi connectivity index (χ1n) is 5.09. The second-order valence-electron chi connectivity index (χ2n) is 3.60. The first-order valence-corrected chi connectivity index (χ1v) is 5.90. The molecule has 1 heterocycles. The molecule has 0 atom stereocenters. The Bertz CT molecular complexity index is 650. The molecule has 0 amide bonds. The van der Waals surface area contributed by atoms with Crippen molar-refractivity contribution >= 4 is 23.4 Å². The Kier molecular flexibility index (Phi) is 3.66. The lowest BCUT2D eigenvalue weighted by Crippen LogP contribution is -2.02. The van der Waals surface area contributed by atoms with Crippen LogP contribution in [0.2, 0.25) is 0 Å². The van der Waals surface area contributed by atoms with E-state index < -0.39 is 17.6 Å².